The molecular formula is C29H27ClN2O7. The fourth-order valence-electron chi connectivity index (χ4n) is 3.77. The molecule has 0 saturated carbocycles. The highest BCUT2D eigenvalue weighted by Gasteiger charge is 2.28. The second-order valence-electron chi connectivity index (χ2n) is 8.34. The molecular weight excluding hydrogens is 524 g/mol. The molecule has 1 heterocycles. The number of urea groups is 1. The lowest BCUT2D eigenvalue weighted by Crippen LogP contribution is -2.51. The quantitative estimate of drug-likeness (QED) is 0.254. The number of barbiturate groups is 1. The van der Waals surface area contributed by atoms with Crippen LogP contribution in [0, 0.1) is 0 Å². The largest absolute Gasteiger partial charge is 0.490 e. The van der Waals surface area contributed by atoms with Crippen molar-refractivity contribution >= 4 is 35.5 Å². The van der Waals surface area contributed by atoms with E-state index in [0.717, 1.165) is 11.1 Å². The summed E-state index contributed by atoms with van der Waals surface area (Å²) in [5.41, 5.74) is 2.04. The third-order valence-electron chi connectivity index (χ3n) is 5.51. The van der Waals surface area contributed by atoms with Crippen LogP contribution >= 0.6 is 11.6 Å². The molecule has 39 heavy (non-hydrogen) atoms. The fourth-order valence-corrected chi connectivity index (χ4v) is 4.04. The van der Waals surface area contributed by atoms with Crippen molar-refractivity contribution in [3.8, 4) is 23.0 Å². The van der Waals surface area contributed by atoms with Crippen LogP contribution in [0.3, 0.4) is 0 Å². The van der Waals surface area contributed by atoms with Gasteiger partial charge in [-0.2, -0.15) is 0 Å². The van der Waals surface area contributed by atoms with Crippen molar-refractivity contribution in [1.82, 2.24) is 10.6 Å². The smallest absolute Gasteiger partial charge is 0.328 e. The van der Waals surface area contributed by atoms with Gasteiger partial charge >= 0.3 is 6.03 Å². The van der Waals surface area contributed by atoms with Gasteiger partial charge in [0.2, 0.25) is 0 Å². The molecule has 1 aliphatic heterocycles. The summed E-state index contributed by atoms with van der Waals surface area (Å²) >= 11 is 6.52. The number of nitrogens with one attached hydrogen (secondary N) is 2. The standard InChI is InChI=1S/C29H27ClN2O7/c1-3-36-24-14-19(10-11-23(24)38-16-18-8-6-5-7-9-18)17-39-26-22(30)13-20(15-25(26)37-4-2)12-21-27(33)31-29(35)32-28(21)34/h5-15H,3-4,16-17H2,1-2H3,(H2,31,32,33,34,35). The van der Waals surface area contributed by atoms with E-state index in [1.54, 1.807) is 13.0 Å². The molecule has 3 aromatic rings. The zero-order chi connectivity index (χ0) is 27.8. The molecule has 3 aromatic carbocycles. The first-order chi connectivity index (χ1) is 18.9. The number of hydrogen-bond acceptors (Lipinski definition) is 7. The minimum absolute atomic E-state index is 0.159. The van der Waals surface area contributed by atoms with Gasteiger partial charge in [-0.1, -0.05) is 48.0 Å². The molecule has 1 fully saturated rings. The van der Waals surface area contributed by atoms with Crippen LogP contribution in [0.5, 0.6) is 23.0 Å². The Morgan fingerprint density at radius 2 is 1.38 bits per heavy atom. The molecule has 0 atom stereocenters. The molecule has 0 radical (unpaired) electrons. The summed E-state index contributed by atoms with van der Waals surface area (Å²) in [6.45, 7) is 5.06. The molecule has 0 bridgehead atoms. The third-order valence-corrected chi connectivity index (χ3v) is 5.80. The van der Waals surface area contributed by atoms with E-state index >= 15 is 0 Å². The van der Waals surface area contributed by atoms with Gasteiger partial charge in [-0.25, -0.2) is 4.79 Å². The van der Waals surface area contributed by atoms with Gasteiger partial charge in [0.25, 0.3) is 11.8 Å². The van der Waals surface area contributed by atoms with Gasteiger partial charge in [0.15, 0.2) is 23.0 Å². The van der Waals surface area contributed by atoms with Gasteiger partial charge in [-0.3, -0.25) is 20.2 Å². The lowest BCUT2D eigenvalue weighted by molar-refractivity contribution is -0.123. The van der Waals surface area contributed by atoms with Crippen LogP contribution in [-0.4, -0.2) is 31.1 Å². The van der Waals surface area contributed by atoms with Gasteiger partial charge in [-0.05, 0) is 60.9 Å². The number of hydrogen-bond donors (Lipinski definition) is 2. The Labute approximate surface area is 230 Å². The topological polar surface area (TPSA) is 112 Å². The highest BCUT2D eigenvalue weighted by Crippen LogP contribution is 2.38. The Morgan fingerprint density at radius 3 is 2.08 bits per heavy atom. The van der Waals surface area contributed by atoms with Gasteiger partial charge in [0, 0.05) is 0 Å². The Hall–Kier alpha value is -4.50. The molecule has 0 aliphatic carbocycles. The molecule has 202 valence electrons. The summed E-state index contributed by atoms with van der Waals surface area (Å²) < 4.78 is 23.5. The van der Waals surface area contributed by atoms with Gasteiger partial charge in [0.1, 0.15) is 18.8 Å². The summed E-state index contributed by atoms with van der Waals surface area (Å²) in [4.78, 5) is 35.5. The summed E-state index contributed by atoms with van der Waals surface area (Å²) in [6.07, 6.45) is 1.32. The zero-order valence-electron chi connectivity index (χ0n) is 21.4. The van der Waals surface area contributed by atoms with Gasteiger partial charge in [-0.15, -0.1) is 0 Å². The molecule has 1 aliphatic rings. The molecule has 0 unspecified atom stereocenters. The van der Waals surface area contributed by atoms with Crippen molar-refractivity contribution in [3.63, 3.8) is 0 Å². The van der Waals surface area contributed by atoms with Gasteiger partial charge < -0.3 is 18.9 Å². The van der Waals surface area contributed by atoms with Crippen LogP contribution in [0.15, 0.2) is 66.2 Å². The number of amides is 4. The maximum absolute atomic E-state index is 12.1. The lowest BCUT2D eigenvalue weighted by atomic mass is 10.1. The Bertz CT molecular complexity index is 1380. The van der Waals surface area contributed by atoms with E-state index in [1.165, 1.54) is 12.1 Å². The van der Waals surface area contributed by atoms with E-state index in [0.29, 0.717) is 48.4 Å². The highest BCUT2D eigenvalue weighted by atomic mass is 35.5. The SMILES string of the molecule is CCOc1cc(COc2c(Cl)cc(C=C3C(=O)NC(=O)NC3=O)cc2OCC)ccc1OCc1ccccc1. The Morgan fingerprint density at radius 1 is 0.718 bits per heavy atom. The van der Waals surface area contributed by atoms with E-state index in [9.17, 15) is 14.4 Å². The van der Waals surface area contributed by atoms with Crippen LogP contribution in [0.25, 0.3) is 6.08 Å². The number of rotatable bonds is 11. The van der Waals surface area contributed by atoms with E-state index in [4.69, 9.17) is 30.5 Å². The summed E-state index contributed by atoms with van der Waals surface area (Å²) in [7, 11) is 0. The molecule has 0 aromatic heterocycles. The number of benzene rings is 3. The normalized spacial score (nSPS) is 12.9. The average molecular weight is 551 g/mol. The number of carbonyl (C=O) groups is 3. The first-order valence-corrected chi connectivity index (χ1v) is 12.7. The number of carbonyl (C=O) groups excluding carboxylic acids is 3. The van der Waals surface area contributed by atoms with Crippen molar-refractivity contribution < 1.29 is 33.3 Å². The lowest BCUT2D eigenvalue weighted by Gasteiger charge is -2.17. The predicted octanol–water partition coefficient (Wildman–Crippen LogP) is 5.04. The number of ether oxygens (including phenoxy) is 4. The Balaban J connectivity index is 1.52. The highest BCUT2D eigenvalue weighted by molar-refractivity contribution is 6.33. The molecule has 4 rings (SSSR count). The van der Waals surface area contributed by atoms with E-state index in [1.807, 2.05) is 66.1 Å². The zero-order valence-corrected chi connectivity index (χ0v) is 22.2. The Kier molecular flexibility index (Phi) is 9.06. The third kappa shape index (κ3) is 7.08. The second-order valence-corrected chi connectivity index (χ2v) is 8.74. The van der Waals surface area contributed by atoms with Crippen molar-refractivity contribution in [2.45, 2.75) is 27.1 Å². The second kappa shape index (κ2) is 12.8. The predicted molar refractivity (Wildman–Crippen MR) is 145 cm³/mol. The molecule has 9 nitrogen and oxygen atoms in total. The molecule has 10 heteroatoms. The molecule has 0 spiro atoms. The van der Waals surface area contributed by atoms with Crippen molar-refractivity contribution in [1.29, 1.82) is 0 Å². The first kappa shape index (κ1) is 27.5. The average Bonchev–Trinajstić information content (AvgIpc) is 2.91. The fraction of sp³-hybridized carbons (Fsp3) is 0.207. The van der Waals surface area contributed by atoms with Crippen molar-refractivity contribution in [3.05, 3.63) is 87.9 Å². The van der Waals surface area contributed by atoms with E-state index < -0.39 is 17.8 Å². The van der Waals surface area contributed by atoms with E-state index in [-0.39, 0.29) is 17.2 Å². The molecule has 4 amide bonds. The maximum atomic E-state index is 12.1. The first-order valence-electron chi connectivity index (χ1n) is 12.3. The number of halogens is 1. The monoisotopic (exact) mass is 550 g/mol. The van der Waals surface area contributed by atoms with Crippen molar-refractivity contribution in [2.75, 3.05) is 13.2 Å². The minimum Gasteiger partial charge on any atom is -0.490 e. The van der Waals surface area contributed by atoms with Crippen LogP contribution in [0.4, 0.5) is 4.79 Å². The van der Waals surface area contributed by atoms with E-state index in [2.05, 4.69) is 0 Å². The number of imide groups is 2. The van der Waals surface area contributed by atoms with Crippen LogP contribution in [0.2, 0.25) is 5.02 Å². The van der Waals surface area contributed by atoms with Crippen LogP contribution in [-0.2, 0) is 22.8 Å². The molecule has 1 saturated heterocycles. The minimum atomic E-state index is -0.873. The summed E-state index contributed by atoms with van der Waals surface area (Å²) in [5.74, 6) is 0.231. The van der Waals surface area contributed by atoms with Crippen molar-refractivity contribution in [2.24, 2.45) is 0 Å². The van der Waals surface area contributed by atoms with Crippen LogP contribution < -0.4 is 29.6 Å². The molecule has 2 N–H and O–H groups in total. The van der Waals surface area contributed by atoms with Crippen LogP contribution in [0.1, 0.15) is 30.5 Å². The van der Waals surface area contributed by atoms with Gasteiger partial charge in [0.05, 0.1) is 18.2 Å². The summed E-state index contributed by atoms with van der Waals surface area (Å²) in [5, 5.41) is 4.28. The maximum Gasteiger partial charge on any atom is 0.328 e. The summed E-state index contributed by atoms with van der Waals surface area (Å²) in [6, 6.07) is 17.7.